The number of hydrogen-bond donors (Lipinski definition) is 2. The van der Waals surface area contributed by atoms with Gasteiger partial charge in [0.05, 0.1) is 29.7 Å². The third kappa shape index (κ3) is 3.15. The quantitative estimate of drug-likeness (QED) is 0.759. The minimum absolute atomic E-state index is 0.0108. The van der Waals surface area contributed by atoms with Gasteiger partial charge in [-0.15, -0.1) is 0 Å². The minimum atomic E-state index is -0.0256. The average Bonchev–Trinajstić information content (AvgIpc) is 3.06. The normalized spacial score (nSPS) is 17.2. The molecule has 3 aromatic rings. The zero-order chi connectivity index (χ0) is 17.9. The first-order valence-corrected chi connectivity index (χ1v) is 8.90. The second-order valence-corrected chi connectivity index (χ2v) is 6.49. The molecule has 6 heteroatoms. The lowest BCUT2D eigenvalue weighted by atomic mass is 9.99. The molecule has 0 radical (unpaired) electrons. The highest BCUT2D eigenvalue weighted by Gasteiger charge is 2.23. The van der Waals surface area contributed by atoms with E-state index in [1.807, 2.05) is 53.1 Å². The third-order valence-electron chi connectivity index (χ3n) is 4.77. The second kappa shape index (κ2) is 7.17. The topological polar surface area (TPSA) is 68.2 Å². The summed E-state index contributed by atoms with van der Waals surface area (Å²) in [5, 5.41) is 6.32. The fourth-order valence-corrected chi connectivity index (χ4v) is 3.41. The molecule has 1 aliphatic heterocycles. The van der Waals surface area contributed by atoms with Gasteiger partial charge in [0, 0.05) is 12.6 Å². The molecule has 6 nitrogen and oxygen atoms in total. The van der Waals surface area contributed by atoms with Crippen LogP contribution in [-0.2, 0) is 4.79 Å². The molecule has 0 bridgehead atoms. The number of fused-ring (bicyclic) bond motifs is 1. The molecule has 2 heterocycles. The number of ether oxygens (including phenoxy) is 1. The van der Waals surface area contributed by atoms with Gasteiger partial charge in [0.1, 0.15) is 5.75 Å². The van der Waals surface area contributed by atoms with Crippen molar-refractivity contribution >= 4 is 22.9 Å². The van der Waals surface area contributed by atoms with Gasteiger partial charge in [-0.25, -0.2) is 4.98 Å². The van der Waals surface area contributed by atoms with Gasteiger partial charge < -0.3 is 10.1 Å². The van der Waals surface area contributed by atoms with E-state index in [1.54, 1.807) is 7.11 Å². The first-order valence-electron chi connectivity index (χ1n) is 8.90. The highest BCUT2D eigenvalue weighted by molar-refractivity contribution is 5.94. The van der Waals surface area contributed by atoms with Crippen LogP contribution in [0.5, 0.6) is 5.75 Å². The summed E-state index contributed by atoms with van der Waals surface area (Å²) >= 11 is 0. The molecule has 1 atom stereocenters. The van der Waals surface area contributed by atoms with Crippen molar-refractivity contribution in [2.24, 2.45) is 5.92 Å². The summed E-state index contributed by atoms with van der Waals surface area (Å²) in [5.41, 5.74) is 2.68. The van der Waals surface area contributed by atoms with Crippen LogP contribution in [0.25, 0.3) is 16.7 Å². The van der Waals surface area contributed by atoms with Crippen LogP contribution in [0.1, 0.15) is 12.8 Å². The number of methoxy groups -OCH3 is 1. The molecular formula is C20H22N4O2. The largest absolute Gasteiger partial charge is 0.497 e. The molecule has 2 N–H and O–H groups in total. The summed E-state index contributed by atoms with van der Waals surface area (Å²) in [6.45, 7) is 1.69. The molecule has 1 aliphatic rings. The summed E-state index contributed by atoms with van der Waals surface area (Å²) in [6, 6.07) is 15.6. The fraction of sp³-hybridized carbons (Fsp3) is 0.300. The van der Waals surface area contributed by atoms with Gasteiger partial charge >= 0.3 is 0 Å². The molecule has 0 spiro atoms. The van der Waals surface area contributed by atoms with E-state index in [0.29, 0.717) is 12.5 Å². The molecular weight excluding hydrogens is 328 g/mol. The number of amides is 1. The zero-order valence-corrected chi connectivity index (χ0v) is 14.7. The van der Waals surface area contributed by atoms with Gasteiger partial charge in [-0.1, -0.05) is 18.2 Å². The summed E-state index contributed by atoms with van der Waals surface area (Å²) < 4.78 is 7.32. The van der Waals surface area contributed by atoms with Crippen molar-refractivity contribution in [1.29, 1.82) is 0 Å². The van der Waals surface area contributed by atoms with Crippen LogP contribution in [0.2, 0.25) is 0 Å². The third-order valence-corrected chi connectivity index (χ3v) is 4.77. The fourth-order valence-electron chi connectivity index (χ4n) is 3.41. The molecule has 1 fully saturated rings. The molecule has 4 rings (SSSR count). The number of piperidine rings is 1. The first kappa shape index (κ1) is 16.6. The molecule has 2 aromatic carbocycles. The molecule has 1 unspecified atom stereocenters. The highest BCUT2D eigenvalue weighted by Crippen LogP contribution is 2.27. The van der Waals surface area contributed by atoms with Crippen LogP contribution in [0.4, 0.5) is 5.95 Å². The van der Waals surface area contributed by atoms with Crippen molar-refractivity contribution in [3.8, 4) is 11.4 Å². The number of carbonyl (C=O) groups is 1. The Kier molecular flexibility index (Phi) is 4.58. The lowest BCUT2D eigenvalue weighted by molar-refractivity contribution is -0.120. The molecule has 1 amide bonds. The maximum Gasteiger partial charge on any atom is 0.231 e. The smallest absolute Gasteiger partial charge is 0.231 e. The Bertz CT molecular complexity index is 928. The van der Waals surface area contributed by atoms with Gasteiger partial charge in [-0.2, -0.15) is 0 Å². The molecule has 0 aliphatic carbocycles. The van der Waals surface area contributed by atoms with E-state index >= 15 is 0 Å². The Morgan fingerprint density at radius 2 is 2.15 bits per heavy atom. The molecule has 1 aromatic heterocycles. The number of nitrogens with one attached hydrogen (secondary N) is 2. The monoisotopic (exact) mass is 350 g/mol. The maximum absolute atomic E-state index is 12.7. The van der Waals surface area contributed by atoms with Crippen LogP contribution in [0.3, 0.4) is 0 Å². The van der Waals surface area contributed by atoms with E-state index in [0.717, 1.165) is 41.9 Å². The van der Waals surface area contributed by atoms with E-state index < -0.39 is 0 Å². The summed E-state index contributed by atoms with van der Waals surface area (Å²) in [7, 11) is 1.64. The van der Waals surface area contributed by atoms with Gasteiger partial charge in [0.15, 0.2) is 0 Å². The van der Waals surface area contributed by atoms with Crippen molar-refractivity contribution in [3.63, 3.8) is 0 Å². The van der Waals surface area contributed by atoms with Gasteiger partial charge in [-0.3, -0.25) is 14.7 Å². The number of anilines is 1. The van der Waals surface area contributed by atoms with E-state index in [4.69, 9.17) is 4.74 Å². The minimum Gasteiger partial charge on any atom is -0.497 e. The summed E-state index contributed by atoms with van der Waals surface area (Å²) in [5.74, 6) is 1.28. The van der Waals surface area contributed by atoms with E-state index in [1.165, 1.54) is 0 Å². The zero-order valence-electron chi connectivity index (χ0n) is 14.7. The van der Waals surface area contributed by atoms with Crippen LogP contribution in [-0.4, -0.2) is 35.7 Å². The Morgan fingerprint density at radius 1 is 1.27 bits per heavy atom. The molecule has 26 heavy (non-hydrogen) atoms. The van der Waals surface area contributed by atoms with Crippen LogP contribution in [0.15, 0.2) is 48.5 Å². The van der Waals surface area contributed by atoms with Crippen LogP contribution < -0.4 is 15.4 Å². The number of aromatic nitrogens is 2. The van der Waals surface area contributed by atoms with Crippen molar-refractivity contribution in [2.45, 2.75) is 12.8 Å². The predicted octanol–water partition coefficient (Wildman–Crippen LogP) is 2.97. The highest BCUT2D eigenvalue weighted by atomic mass is 16.5. The number of hydrogen-bond acceptors (Lipinski definition) is 4. The molecule has 1 saturated heterocycles. The van der Waals surface area contributed by atoms with Gasteiger partial charge in [0.2, 0.25) is 11.9 Å². The second-order valence-electron chi connectivity index (χ2n) is 6.49. The number of para-hydroxylation sites is 2. The van der Waals surface area contributed by atoms with Crippen molar-refractivity contribution < 1.29 is 9.53 Å². The first-order chi connectivity index (χ1) is 12.8. The molecule has 0 saturated carbocycles. The Balaban J connectivity index is 1.75. The maximum atomic E-state index is 12.7. The van der Waals surface area contributed by atoms with Crippen molar-refractivity contribution in [1.82, 2.24) is 14.9 Å². The number of rotatable bonds is 4. The van der Waals surface area contributed by atoms with Crippen molar-refractivity contribution in [2.75, 3.05) is 25.5 Å². The summed E-state index contributed by atoms with van der Waals surface area (Å²) in [6.07, 6.45) is 1.92. The lowest BCUT2D eigenvalue weighted by Crippen LogP contribution is -2.37. The molecule has 134 valence electrons. The Hall–Kier alpha value is -2.86. The number of carbonyl (C=O) groups excluding carboxylic acids is 1. The average molecular weight is 350 g/mol. The van der Waals surface area contributed by atoms with E-state index in [9.17, 15) is 4.79 Å². The predicted molar refractivity (Wildman–Crippen MR) is 102 cm³/mol. The Morgan fingerprint density at radius 3 is 2.96 bits per heavy atom. The Labute approximate surface area is 152 Å². The standard InChI is InChI=1S/C20H22N4O2/c1-26-16-8-4-7-15(12-16)24-18-10-3-2-9-17(18)22-20(24)23-19(25)14-6-5-11-21-13-14/h2-4,7-10,12,14,21H,5-6,11,13H2,1H3,(H,22,23,25). The van der Waals surface area contributed by atoms with Gasteiger partial charge in [0.25, 0.3) is 0 Å². The number of benzene rings is 2. The van der Waals surface area contributed by atoms with E-state index in [-0.39, 0.29) is 11.8 Å². The lowest BCUT2D eigenvalue weighted by Gasteiger charge is -2.22. The van der Waals surface area contributed by atoms with Gasteiger partial charge in [-0.05, 0) is 43.7 Å². The van der Waals surface area contributed by atoms with E-state index in [2.05, 4.69) is 15.6 Å². The van der Waals surface area contributed by atoms with Crippen molar-refractivity contribution in [3.05, 3.63) is 48.5 Å². The van der Waals surface area contributed by atoms with Crippen LogP contribution >= 0.6 is 0 Å². The number of nitrogens with zero attached hydrogens (tertiary/aromatic N) is 2. The van der Waals surface area contributed by atoms with Crippen LogP contribution in [0, 0.1) is 5.92 Å². The SMILES string of the molecule is COc1cccc(-n2c(NC(=O)C3CCCNC3)nc3ccccc32)c1. The number of imidazole rings is 1. The summed E-state index contributed by atoms with van der Waals surface area (Å²) in [4.78, 5) is 17.4.